The van der Waals surface area contributed by atoms with Gasteiger partial charge in [-0.05, 0) is 56.1 Å². The van der Waals surface area contributed by atoms with Crippen LogP contribution >= 0.6 is 31.9 Å². The Morgan fingerprint density at radius 2 is 1.62 bits per heavy atom. The third-order valence-electron chi connectivity index (χ3n) is 1.93. The summed E-state index contributed by atoms with van der Waals surface area (Å²) in [6, 6.07) is 10.3. The molecule has 1 aromatic heterocycles. The second-order valence-electron chi connectivity index (χ2n) is 3.07. The molecule has 0 unspecified atom stereocenters. The third-order valence-corrected chi connectivity index (χ3v) is 3.25. The summed E-state index contributed by atoms with van der Waals surface area (Å²) in [6.07, 6.45) is 0. The van der Waals surface area contributed by atoms with Gasteiger partial charge in [-0.2, -0.15) is 4.39 Å². The number of para-hydroxylation sites is 1. The van der Waals surface area contributed by atoms with Crippen LogP contribution in [0.2, 0.25) is 0 Å². The fraction of sp³-hybridized carbons (Fsp3) is 0. The van der Waals surface area contributed by atoms with E-state index in [0.717, 1.165) is 14.6 Å². The summed E-state index contributed by atoms with van der Waals surface area (Å²) in [6.45, 7) is 0. The van der Waals surface area contributed by atoms with Gasteiger partial charge in [-0.3, -0.25) is 0 Å². The van der Waals surface area contributed by atoms with Gasteiger partial charge in [0, 0.05) is 8.95 Å². The summed E-state index contributed by atoms with van der Waals surface area (Å²) in [4.78, 5) is 3.73. The molecule has 0 atom stereocenters. The Bertz CT molecular complexity index is 497. The first-order valence-electron chi connectivity index (χ1n) is 4.50. The molecule has 1 heterocycles. The highest BCUT2D eigenvalue weighted by Gasteiger charge is 2.05. The Hall–Kier alpha value is -0.940. The smallest absolute Gasteiger partial charge is 0.214 e. The number of benzene rings is 1. The molecular formula is C11H7Br2FN2. The van der Waals surface area contributed by atoms with Crippen LogP contribution in [0.3, 0.4) is 0 Å². The Balaban J connectivity index is 2.34. The van der Waals surface area contributed by atoms with Crippen LogP contribution < -0.4 is 5.32 Å². The zero-order chi connectivity index (χ0) is 11.5. The molecule has 0 radical (unpaired) electrons. The molecular weight excluding hydrogens is 339 g/mol. The summed E-state index contributed by atoms with van der Waals surface area (Å²) < 4.78 is 14.7. The minimum absolute atomic E-state index is 0.465. The molecule has 1 N–H and O–H groups in total. The van der Waals surface area contributed by atoms with Gasteiger partial charge in [0.1, 0.15) is 5.82 Å². The van der Waals surface area contributed by atoms with E-state index in [1.807, 2.05) is 18.2 Å². The molecule has 2 nitrogen and oxygen atoms in total. The molecule has 0 fully saturated rings. The summed E-state index contributed by atoms with van der Waals surface area (Å²) in [5, 5.41) is 3.04. The van der Waals surface area contributed by atoms with Crippen LogP contribution in [-0.2, 0) is 0 Å². The summed E-state index contributed by atoms with van der Waals surface area (Å²) in [5.74, 6) is -0.0409. The number of hydrogen-bond donors (Lipinski definition) is 1. The molecule has 0 aliphatic carbocycles. The largest absolute Gasteiger partial charge is 0.338 e. The van der Waals surface area contributed by atoms with Gasteiger partial charge in [0.15, 0.2) is 0 Å². The minimum Gasteiger partial charge on any atom is -0.338 e. The topological polar surface area (TPSA) is 24.9 Å². The van der Waals surface area contributed by atoms with E-state index < -0.39 is 5.95 Å². The number of aromatic nitrogens is 1. The van der Waals surface area contributed by atoms with Crippen LogP contribution in [0.1, 0.15) is 0 Å². The molecule has 0 saturated heterocycles. The molecule has 0 aliphatic heterocycles. The Morgan fingerprint density at radius 3 is 2.25 bits per heavy atom. The fourth-order valence-corrected chi connectivity index (χ4v) is 2.42. The summed E-state index contributed by atoms with van der Waals surface area (Å²) in [7, 11) is 0. The van der Waals surface area contributed by atoms with E-state index in [2.05, 4.69) is 42.2 Å². The van der Waals surface area contributed by atoms with Gasteiger partial charge >= 0.3 is 0 Å². The van der Waals surface area contributed by atoms with E-state index in [1.165, 1.54) is 6.07 Å². The second-order valence-corrected chi connectivity index (χ2v) is 4.78. The van der Waals surface area contributed by atoms with Crippen molar-refractivity contribution in [2.75, 3.05) is 5.32 Å². The van der Waals surface area contributed by atoms with Gasteiger partial charge in [-0.25, -0.2) is 4.98 Å². The maximum atomic E-state index is 12.9. The van der Waals surface area contributed by atoms with E-state index >= 15 is 0 Å². The van der Waals surface area contributed by atoms with Crippen molar-refractivity contribution in [3.63, 3.8) is 0 Å². The summed E-state index contributed by atoms with van der Waals surface area (Å²) >= 11 is 6.82. The fourth-order valence-electron chi connectivity index (χ4n) is 1.22. The highest BCUT2D eigenvalue weighted by Crippen LogP contribution is 2.32. The predicted octanol–water partition coefficient (Wildman–Crippen LogP) is 4.49. The number of hydrogen-bond acceptors (Lipinski definition) is 2. The highest BCUT2D eigenvalue weighted by atomic mass is 79.9. The number of halogens is 3. The Morgan fingerprint density at radius 1 is 1.00 bits per heavy atom. The van der Waals surface area contributed by atoms with E-state index in [1.54, 1.807) is 12.1 Å². The van der Waals surface area contributed by atoms with Gasteiger partial charge in [0.05, 0.1) is 5.69 Å². The van der Waals surface area contributed by atoms with Crippen LogP contribution in [0.25, 0.3) is 0 Å². The van der Waals surface area contributed by atoms with Crippen LogP contribution in [-0.4, -0.2) is 4.98 Å². The number of nitrogens with one attached hydrogen (secondary N) is 1. The van der Waals surface area contributed by atoms with Crippen molar-refractivity contribution in [1.29, 1.82) is 0 Å². The molecule has 1 aromatic carbocycles. The van der Waals surface area contributed by atoms with Crippen LogP contribution in [0.5, 0.6) is 0 Å². The highest BCUT2D eigenvalue weighted by molar-refractivity contribution is 9.11. The van der Waals surface area contributed by atoms with E-state index in [9.17, 15) is 4.39 Å². The lowest BCUT2D eigenvalue weighted by Crippen LogP contribution is -1.96. The quantitative estimate of drug-likeness (QED) is 0.811. The average Bonchev–Trinajstić information content (AvgIpc) is 2.24. The molecule has 0 aliphatic rings. The van der Waals surface area contributed by atoms with Crippen LogP contribution in [0, 0.1) is 5.95 Å². The second kappa shape index (κ2) is 4.93. The molecule has 16 heavy (non-hydrogen) atoms. The van der Waals surface area contributed by atoms with Crippen LogP contribution in [0.15, 0.2) is 45.3 Å². The van der Waals surface area contributed by atoms with Gasteiger partial charge in [-0.1, -0.05) is 12.1 Å². The van der Waals surface area contributed by atoms with Crippen molar-refractivity contribution in [3.8, 4) is 0 Å². The van der Waals surface area contributed by atoms with Gasteiger partial charge in [0.25, 0.3) is 0 Å². The maximum absolute atomic E-state index is 12.9. The van der Waals surface area contributed by atoms with Crippen molar-refractivity contribution < 1.29 is 4.39 Å². The number of rotatable bonds is 2. The van der Waals surface area contributed by atoms with Gasteiger partial charge < -0.3 is 5.32 Å². The summed E-state index contributed by atoms with van der Waals surface area (Å²) in [5.41, 5.74) is 0.820. The Labute approximate surface area is 109 Å². The number of nitrogens with zero attached hydrogens (tertiary/aromatic N) is 1. The normalized spacial score (nSPS) is 10.2. The first-order valence-corrected chi connectivity index (χ1v) is 6.09. The van der Waals surface area contributed by atoms with E-state index in [0.29, 0.717) is 5.82 Å². The molecule has 82 valence electrons. The SMILES string of the molecule is Fc1cccc(Nc2c(Br)cccc2Br)n1. The van der Waals surface area contributed by atoms with Crippen LogP contribution in [0.4, 0.5) is 15.9 Å². The molecule has 0 amide bonds. The standard InChI is InChI=1S/C11H7Br2FN2/c12-7-3-1-4-8(13)11(7)16-10-6-2-5-9(14)15-10/h1-6H,(H,15,16). The zero-order valence-corrected chi connectivity index (χ0v) is 11.2. The lowest BCUT2D eigenvalue weighted by atomic mass is 10.3. The molecule has 5 heteroatoms. The van der Waals surface area contributed by atoms with E-state index in [-0.39, 0.29) is 0 Å². The first kappa shape index (κ1) is 11.5. The number of pyridine rings is 1. The number of anilines is 2. The monoisotopic (exact) mass is 344 g/mol. The van der Waals surface area contributed by atoms with Crippen molar-refractivity contribution in [2.24, 2.45) is 0 Å². The third kappa shape index (κ3) is 2.59. The first-order chi connectivity index (χ1) is 7.66. The van der Waals surface area contributed by atoms with Crippen molar-refractivity contribution in [3.05, 3.63) is 51.3 Å². The zero-order valence-electron chi connectivity index (χ0n) is 8.05. The Kier molecular flexibility index (Phi) is 3.56. The molecule has 2 rings (SSSR count). The molecule has 0 spiro atoms. The maximum Gasteiger partial charge on any atom is 0.214 e. The molecule has 2 aromatic rings. The lowest BCUT2D eigenvalue weighted by molar-refractivity contribution is 0.585. The van der Waals surface area contributed by atoms with Crippen molar-refractivity contribution >= 4 is 43.4 Å². The van der Waals surface area contributed by atoms with Gasteiger partial charge in [0.2, 0.25) is 5.95 Å². The molecule has 0 saturated carbocycles. The van der Waals surface area contributed by atoms with Gasteiger partial charge in [-0.15, -0.1) is 0 Å². The average molecular weight is 346 g/mol. The lowest BCUT2D eigenvalue weighted by Gasteiger charge is -2.09. The minimum atomic E-state index is -0.506. The predicted molar refractivity (Wildman–Crippen MR) is 69.3 cm³/mol. The van der Waals surface area contributed by atoms with E-state index in [4.69, 9.17) is 0 Å². The molecule has 0 bridgehead atoms. The van der Waals surface area contributed by atoms with Crippen molar-refractivity contribution in [2.45, 2.75) is 0 Å². The van der Waals surface area contributed by atoms with Crippen molar-refractivity contribution in [1.82, 2.24) is 4.98 Å².